The van der Waals surface area contributed by atoms with Crippen LogP contribution in [0.2, 0.25) is 0 Å². The molecule has 0 bridgehead atoms. The standard InChI is InChI=1S/C10H13BrN2O/c1-7-10(4-8(11)5-12-7)13-3-2-9(14)6-13/h4-5,9,14H,2-3,6H2,1H3/t9-/m1/s1. The zero-order valence-corrected chi connectivity index (χ0v) is 9.66. The Morgan fingerprint density at radius 2 is 2.43 bits per heavy atom. The molecule has 0 aliphatic carbocycles. The van der Waals surface area contributed by atoms with Gasteiger partial charge in [-0.15, -0.1) is 0 Å². The van der Waals surface area contributed by atoms with Gasteiger partial charge in [-0.25, -0.2) is 0 Å². The van der Waals surface area contributed by atoms with Gasteiger partial charge in [-0.3, -0.25) is 4.98 Å². The first-order chi connectivity index (χ1) is 6.66. The predicted molar refractivity (Wildman–Crippen MR) is 59.5 cm³/mol. The van der Waals surface area contributed by atoms with Gasteiger partial charge in [0.15, 0.2) is 0 Å². The summed E-state index contributed by atoms with van der Waals surface area (Å²) in [4.78, 5) is 6.46. The molecule has 0 radical (unpaired) electrons. The van der Waals surface area contributed by atoms with Gasteiger partial charge in [-0.1, -0.05) is 0 Å². The molecule has 0 aromatic carbocycles. The van der Waals surface area contributed by atoms with Gasteiger partial charge in [0.2, 0.25) is 0 Å². The summed E-state index contributed by atoms with van der Waals surface area (Å²) >= 11 is 3.41. The largest absolute Gasteiger partial charge is 0.391 e. The molecule has 3 nitrogen and oxygen atoms in total. The molecule has 4 heteroatoms. The van der Waals surface area contributed by atoms with Gasteiger partial charge in [0.05, 0.1) is 17.5 Å². The van der Waals surface area contributed by atoms with Crippen molar-refractivity contribution in [3.8, 4) is 0 Å². The van der Waals surface area contributed by atoms with Crippen LogP contribution in [0.4, 0.5) is 5.69 Å². The first-order valence-corrected chi connectivity index (χ1v) is 5.51. The Bertz CT molecular complexity index is 343. The third kappa shape index (κ3) is 1.91. The number of β-amino-alcohol motifs (C(OH)–C–C–N with tert-alkyl or cyclic N) is 1. The Hall–Kier alpha value is -0.610. The van der Waals surface area contributed by atoms with E-state index in [1.54, 1.807) is 6.20 Å². The van der Waals surface area contributed by atoms with Crippen LogP contribution < -0.4 is 4.90 Å². The molecule has 1 aromatic heterocycles. The molecule has 1 saturated heterocycles. The van der Waals surface area contributed by atoms with Gasteiger partial charge < -0.3 is 10.0 Å². The molecule has 76 valence electrons. The van der Waals surface area contributed by atoms with Gasteiger partial charge in [0.25, 0.3) is 0 Å². The molecule has 1 N–H and O–H groups in total. The van der Waals surface area contributed by atoms with E-state index in [0.717, 1.165) is 35.4 Å². The minimum Gasteiger partial charge on any atom is -0.391 e. The molecule has 1 atom stereocenters. The van der Waals surface area contributed by atoms with Gasteiger partial charge in [0.1, 0.15) is 0 Å². The van der Waals surface area contributed by atoms with Crippen molar-refractivity contribution >= 4 is 21.6 Å². The second-order valence-corrected chi connectivity index (χ2v) is 4.56. The van der Waals surface area contributed by atoms with Gasteiger partial charge in [-0.2, -0.15) is 0 Å². The van der Waals surface area contributed by atoms with Crippen LogP contribution in [0.1, 0.15) is 12.1 Å². The number of hydrogen-bond donors (Lipinski definition) is 1. The van der Waals surface area contributed by atoms with Crippen molar-refractivity contribution in [1.29, 1.82) is 0 Å². The molecule has 0 saturated carbocycles. The zero-order chi connectivity index (χ0) is 10.1. The van der Waals surface area contributed by atoms with E-state index in [9.17, 15) is 5.11 Å². The highest BCUT2D eigenvalue weighted by Crippen LogP contribution is 2.25. The third-order valence-electron chi connectivity index (χ3n) is 2.53. The lowest BCUT2D eigenvalue weighted by Crippen LogP contribution is -2.22. The minimum absolute atomic E-state index is 0.187. The van der Waals surface area contributed by atoms with E-state index in [2.05, 4.69) is 31.9 Å². The van der Waals surface area contributed by atoms with Gasteiger partial charge in [0, 0.05) is 23.8 Å². The Kier molecular flexibility index (Phi) is 2.74. The van der Waals surface area contributed by atoms with Crippen LogP contribution in [0.15, 0.2) is 16.7 Å². The third-order valence-corrected chi connectivity index (χ3v) is 2.96. The maximum absolute atomic E-state index is 9.45. The van der Waals surface area contributed by atoms with Crippen LogP contribution >= 0.6 is 15.9 Å². The van der Waals surface area contributed by atoms with Crippen LogP contribution in [0.3, 0.4) is 0 Å². The molecule has 0 spiro atoms. The molecule has 1 aliphatic rings. The molecule has 2 heterocycles. The lowest BCUT2D eigenvalue weighted by molar-refractivity contribution is 0.198. The van der Waals surface area contributed by atoms with Crippen LogP contribution in [0, 0.1) is 6.92 Å². The van der Waals surface area contributed by atoms with Crippen LogP contribution in [-0.2, 0) is 0 Å². The highest BCUT2D eigenvalue weighted by Gasteiger charge is 2.21. The Morgan fingerprint density at radius 1 is 1.64 bits per heavy atom. The van der Waals surface area contributed by atoms with Crippen molar-refractivity contribution in [2.75, 3.05) is 18.0 Å². The van der Waals surface area contributed by atoms with E-state index in [4.69, 9.17) is 0 Å². The van der Waals surface area contributed by atoms with E-state index in [-0.39, 0.29) is 6.10 Å². The number of rotatable bonds is 1. The maximum Gasteiger partial charge on any atom is 0.0731 e. The first-order valence-electron chi connectivity index (χ1n) is 4.72. The number of nitrogens with zero attached hydrogens (tertiary/aromatic N) is 2. The van der Waals surface area contributed by atoms with Crippen molar-refractivity contribution in [2.24, 2.45) is 0 Å². The monoisotopic (exact) mass is 256 g/mol. The average molecular weight is 257 g/mol. The number of aliphatic hydroxyl groups excluding tert-OH is 1. The molecule has 1 fully saturated rings. The summed E-state index contributed by atoms with van der Waals surface area (Å²) in [5, 5.41) is 9.45. The summed E-state index contributed by atoms with van der Waals surface area (Å²) in [6.07, 6.45) is 2.46. The summed E-state index contributed by atoms with van der Waals surface area (Å²) in [6, 6.07) is 2.06. The highest BCUT2D eigenvalue weighted by atomic mass is 79.9. The van der Waals surface area contributed by atoms with Crippen LogP contribution in [0.5, 0.6) is 0 Å². The summed E-state index contributed by atoms with van der Waals surface area (Å²) in [5.74, 6) is 0. The van der Waals surface area contributed by atoms with E-state index in [1.165, 1.54) is 0 Å². The Morgan fingerprint density at radius 3 is 3.07 bits per heavy atom. The second kappa shape index (κ2) is 3.87. The molecule has 0 unspecified atom stereocenters. The Labute approximate surface area is 91.9 Å². The predicted octanol–water partition coefficient (Wildman–Crippen LogP) is 1.72. The van der Waals surface area contributed by atoms with Crippen molar-refractivity contribution in [3.63, 3.8) is 0 Å². The summed E-state index contributed by atoms with van der Waals surface area (Å²) < 4.78 is 0.986. The normalized spacial score (nSPS) is 21.6. The van der Waals surface area contributed by atoms with Crippen LogP contribution in [0.25, 0.3) is 0 Å². The average Bonchev–Trinajstić information content (AvgIpc) is 2.56. The first kappa shape index (κ1) is 9.93. The van der Waals surface area contributed by atoms with Crippen molar-refractivity contribution in [2.45, 2.75) is 19.4 Å². The fourth-order valence-corrected chi connectivity index (χ4v) is 2.10. The summed E-state index contributed by atoms with van der Waals surface area (Å²) in [7, 11) is 0. The SMILES string of the molecule is Cc1ncc(Br)cc1N1CC[C@@H](O)C1. The van der Waals surface area contributed by atoms with E-state index in [1.807, 2.05) is 6.92 Å². The lowest BCUT2D eigenvalue weighted by Gasteiger charge is -2.19. The molecule has 2 rings (SSSR count). The number of anilines is 1. The van der Waals surface area contributed by atoms with E-state index in [0.29, 0.717) is 0 Å². The number of halogens is 1. The van der Waals surface area contributed by atoms with E-state index < -0.39 is 0 Å². The highest BCUT2D eigenvalue weighted by molar-refractivity contribution is 9.10. The second-order valence-electron chi connectivity index (χ2n) is 3.65. The molecule has 0 amide bonds. The molecule has 1 aliphatic heterocycles. The van der Waals surface area contributed by atoms with E-state index >= 15 is 0 Å². The zero-order valence-electron chi connectivity index (χ0n) is 8.07. The van der Waals surface area contributed by atoms with Gasteiger partial charge >= 0.3 is 0 Å². The number of aryl methyl sites for hydroxylation is 1. The number of hydrogen-bond acceptors (Lipinski definition) is 3. The molecular formula is C10H13BrN2O. The number of aliphatic hydroxyl groups is 1. The fourth-order valence-electron chi connectivity index (χ4n) is 1.78. The minimum atomic E-state index is -0.187. The topological polar surface area (TPSA) is 36.4 Å². The number of pyridine rings is 1. The van der Waals surface area contributed by atoms with Crippen molar-refractivity contribution < 1.29 is 5.11 Å². The molecular weight excluding hydrogens is 244 g/mol. The smallest absolute Gasteiger partial charge is 0.0731 e. The van der Waals surface area contributed by atoms with Crippen molar-refractivity contribution in [3.05, 3.63) is 22.4 Å². The van der Waals surface area contributed by atoms with Gasteiger partial charge in [-0.05, 0) is 35.3 Å². The quantitative estimate of drug-likeness (QED) is 0.832. The summed E-state index contributed by atoms with van der Waals surface area (Å²) in [6.45, 7) is 3.63. The van der Waals surface area contributed by atoms with Crippen molar-refractivity contribution in [1.82, 2.24) is 4.98 Å². The molecule has 1 aromatic rings. The maximum atomic E-state index is 9.45. The molecule has 14 heavy (non-hydrogen) atoms. The lowest BCUT2D eigenvalue weighted by atomic mass is 10.3. The fraction of sp³-hybridized carbons (Fsp3) is 0.500. The van der Waals surface area contributed by atoms with Crippen LogP contribution in [-0.4, -0.2) is 29.3 Å². The Balaban J connectivity index is 2.27. The summed E-state index contributed by atoms with van der Waals surface area (Å²) in [5.41, 5.74) is 2.14. The number of aromatic nitrogens is 1.